The molecule has 0 spiro atoms. The van der Waals surface area contributed by atoms with Crippen molar-refractivity contribution in [3.8, 4) is 0 Å². The molecule has 0 aromatic heterocycles. The first-order valence-corrected chi connectivity index (χ1v) is 8.00. The van der Waals surface area contributed by atoms with Gasteiger partial charge in [-0.1, -0.05) is 0 Å². The molecule has 1 fully saturated rings. The Hall–Kier alpha value is 0.650. The van der Waals surface area contributed by atoms with Crippen LogP contribution in [-0.2, 0) is 0 Å². The van der Waals surface area contributed by atoms with E-state index in [9.17, 15) is 3.44 Å². The molecule has 62 valence electrons. The van der Waals surface area contributed by atoms with Crippen LogP contribution in [0.4, 0.5) is 0 Å². The van der Waals surface area contributed by atoms with Crippen LogP contribution in [0.2, 0.25) is 0 Å². The number of rotatable bonds is 2. The van der Waals surface area contributed by atoms with Crippen molar-refractivity contribution in [1.82, 2.24) is 4.90 Å². The third kappa shape index (κ3) is 1.83. The zero-order valence-corrected chi connectivity index (χ0v) is 9.00. The zero-order chi connectivity index (χ0) is 7.72. The predicted molar refractivity (Wildman–Crippen MR) is 52.7 cm³/mol. The van der Waals surface area contributed by atoms with Gasteiger partial charge in [-0.25, -0.2) is 0 Å². The predicted octanol–water partition coefficient (Wildman–Crippen LogP) is 1.12. The molecule has 0 atom stereocenters. The normalized spacial score (nSPS) is 23.1. The van der Waals surface area contributed by atoms with E-state index in [2.05, 4.69) is 18.7 Å². The Labute approximate surface area is 70.5 Å². The van der Waals surface area contributed by atoms with E-state index < -0.39 is 20.2 Å². The first-order valence-electron chi connectivity index (χ1n) is 3.63. The van der Waals surface area contributed by atoms with Crippen LogP contribution in [0.25, 0.3) is 0 Å². The molecule has 1 N–H and O–H groups in total. The second kappa shape index (κ2) is 3.36. The molecule has 0 saturated carbocycles. The van der Waals surface area contributed by atoms with E-state index in [1.807, 2.05) is 4.93 Å². The van der Waals surface area contributed by atoms with Gasteiger partial charge in [0.1, 0.15) is 0 Å². The van der Waals surface area contributed by atoms with Crippen LogP contribution < -0.4 is 0 Å². The topological polar surface area (TPSA) is 23.5 Å². The number of likely N-dealkylation sites (tertiary alicyclic amines) is 1. The molecule has 1 heterocycles. The molecule has 1 aliphatic heterocycles. The van der Waals surface area contributed by atoms with Crippen LogP contribution in [0.5, 0.6) is 0 Å². The molecule has 0 amide bonds. The van der Waals surface area contributed by atoms with Crippen LogP contribution in [0.3, 0.4) is 0 Å². The first-order chi connectivity index (χ1) is 4.61. The SMILES string of the molecule is CC(C)N1CC(I(C)O)C1. The number of nitrogens with zero attached hydrogens (tertiary/aromatic N) is 1. The first kappa shape index (κ1) is 8.74. The fourth-order valence-corrected chi connectivity index (χ4v) is 3.23. The summed E-state index contributed by atoms with van der Waals surface area (Å²) in [6.45, 7) is 6.72. The second-order valence-corrected chi connectivity index (χ2v) is 7.66. The Morgan fingerprint density at radius 1 is 1.50 bits per heavy atom. The Kier molecular flexibility index (Phi) is 2.94. The van der Waals surface area contributed by atoms with Gasteiger partial charge in [0.15, 0.2) is 0 Å². The van der Waals surface area contributed by atoms with Crippen molar-refractivity contribution in [2.45, 2.75) is 23.8 Å². The fraction of sp³-hybridized carbons (Fsp3) is 1.00. The fourth-order valence-electron chi connectivity index (χ4n) is 1.08. The second-order valence-electron chi connectivity index (χ2n) is 3.13. The summed E-state index contributed by atoms with van der Waals surface area (Å²) in [5, 5.41) is 0. The van der Waals surface area contributed by atoms with Crippen LogP contribution in [-0.4, -0.2) is 36.3 Å². The average molecular weight is 257 g/mol. The van der Waals surface area contributed by atoms with Gasteiger partial charge in [-0.2, -0.15) is 0 Å². The molecule has 1 rings (SSSR count). The zero-order valence-electron chi connectivity index (χ0n) is 6.84. The van der Waals surface area contributed by atoms with E-state index in [1.165, 1.54) is 0 Å². The quantitative estimate of drug-likeness (QED) is 0.592. The van der Waals surface area contributed by atoms with E-state index in [0.29, 0.717) is 9.97 Å². The third-order valence-corrected chi connectivity index (χ3v) is 5.38. The molecular weight excluding hydrogens is 241 g/mol. The van der Waals surface area contributed by atoms with Crippen molar-refractivity contribution in [2.24, 2.45) is 0 Å². The summed E-state index contributed by atoms with van der Waals surface area (Å²) in [4.78, 5) is 4.45. The number of hydrogen-bond acceptors (Lipinski definition) is 2. The average Bonchev–Trinajstić information content (AvgIpc) is 1.56. The summed E-state index contributed by atoms with van der Waals surface area (Å²) in [6, 6.07) is 0.673. The van der Waals surface area contributed by atoms with Gasteiger partial charge in [-0.15, -0.1) is 0 Å². The van der Waals surface area contributed by atoms with E-state index in [1.54, 1.807) is 0 Å². The van der Waals surface area contributed by atoms with E-state index >= 15 is 0 Å². The number of halogens is 1. The third-order valence-electron chi connectivity index (χ3n) is 2.04. The number of hydrogen-bond donors (Lipinski definition) is 1. The van der Waals surface area contributed by atoms with Crippen LogP contribution in [0, 0.1) is 0 Å². The van der Waals surface area contributed by atoms with Crippen molar-refractivity contribution in [3.05, 3.63) is 0 Å². The van der Waals surface area contributed by atoms with Gasteiger partial charge in [0.25, 0.3) is 0 Å². The summed E-state index contributed by atoms with van der Waals surface area (Å²) in [5.74, 6) is 0. The molecule has 10 heavy (non-hydrogen) atoms. The van der Waals surface area contributed by atoms with Crippen molar-refractivity contribution in [2.75, 3.05) is 18.0 Å². The minimum absolute atomic E-state index is 0.673. The number of alkyl halides is 2. The van der Waals surface area contributed by atoms with Gasteiger partial charge in [0.05, 0.1) is 0 Å². The van der Waals surface area contributed by atoms with Gasteiger partial charge in [-0.05, 0) is 0 Å². The van der Waals surface area contributed by atoms with Crippen molar-refractivity contribution < 1.29 is 3.44 Å². The van der Waals surface area contributed by atoms with Gasteiger partial charge < -0.3 is 0 Å². The molecule has 0 aliphatic carbocycles. The molecule has 2 nitrogen and oxygen atoms in total. The van der Waals surface area contributed by atoms with Gasteiger partial charge >= 0.3 is 70.4 Å². The summed E-state index contributed by atoms with van der Waals surface area (Å²) in [5.41, 5.74) is 0. The summed E-state index contributed by atoms with van der Waals surface area (Å²) < 4.78 is 9.99. The minimum atomic E-state index is -1.45. The molecule has 1 saturated heterocycles. The van der Waals surface area contributed by atoms with Gasteiger partial charge in [-0.3, -0.25) is 0 Å². The maximum atomic E-state index is 9.30. The Morgan fingerprint density at radius 3 is 2.30 bits per heavy atom. The van der Waals surface area contributed by atoms with Gasteiger partial charge in [0, 0.05) is 0 Å². The van der Waals surface area contributed by atoms with E-state index in [4.69, 9.17) is 0 Å². The molecule has 0 radical (unpaired) electrons. The van der Waals surface area contributed by atoms with E-state index in [-0.39, 0.29) is 0 Å². The molecular formula is C7H16INO. The monoisotopic (exact) mass is 257 g/mol. The van der Waals surface area contributed by atoms with Crippen LogP contribution in [0.1, 0.15) is 13.8 Å². The molecule has 0 aromatic carbocycles. The Bertz CT molecular complexity index is 98.2. The van der Waals surface area contributed by atoms with Crippen LogP contribution >= 0.6 is 20.2 Å². The van der Waals surface area contributed by atoms with Crippen LogP contribution in [0.15, 0.2) is 0 Å². The molecule has 0 aromatic rings. The molecule has 0 bridgehead atoms. The molecule has 0 unspecified atom stereocenters. The van der Waals surface area contributed by atoms with Gasteiger partial charge in [0.2, 0.25) is 0 Å². The summed E-state index contributed by atoms with van der Waals surface area (Å²) in [6.07, 6.45) is 0. The molecule has 1 aliphatic rings. The van der Waals surface area contributed by atoms with Crippen molar-refractivity contribution in [3.63, 3.8) is 0 Å². The summed E-state index contributed by atoms with van der Waals surface area (Å²) >= 11 is -1.45. The Balaban J connectivity index is 2.18. The molecule has 3 heteroatoms. The standard InChI is InChI=1S/C7H16INO/c1-6(2)9-4-7(5-9)8(3)10/h6-7,10H,4-5H2,1-3H3. The summed E-state index contributed by atoms with van der Waals surface area (Å²) in [7, 11) is 0. The Morgan fingerprint density at radius 2 is 2.00 bits per heavy atom. The van der Waals surface area contributed by atoms with Crippen molar-refractivity contribution in [1.29, 1.82) is 0 Å². The van der Waals surface area contributed by atoms with E-state index in [0.717, 1.165) is 13.1 Å². The van der Waals surface area contributed by atoms with Crippen molar-refractivity contribution >= 4 is 20.2 Å². The maximum absolute atomic E-state index is 9.30.